The van der Waals surface area contributed by atoms with Crippen molar-refractivity contribution in [2.45, 2.75) is 45.2 Å². The van der Waals surface area contributed by atoms with Gasteiger partial charge in [0.25, 0.3) is 0 Å². The van der Waals surface area contributed by atoms with Gasteiger partial charge in [0, 0.05) is 25.9 Å². The SMILES string of the molecule is CCO[C@H](c1cnc(C)cn1)[C@@H](C)S(=O)(=O)N(Cc1ccc(OC)cc1)Cc1ccc(OC)cc1. The lowest BCUT2D eigenvalue weighted by Gasteiger charge is -2.30. The molecule has 2 atom stereocenters. The van der Waals surface area contributed by atoms with E-state index in [1.807, 2.05) is 62.4 Å². The molecule has 8 nitrogen and oxygen atoms in total. The molecule has 0 fully saturated rings. The smallest absolute Gasteiger partial charge is 0.220 e. The van der Waals surface area contributed by atoms with Gasteiger partial charge in [-0.15, -0.1) is 0 Å². The van der Waals surface area contributed by atoms with Gasteiger partial charge in [0.05, 0.1) is 31.8 Å². The highest BCUT2D eigenvalue weighted by Crippen LogP contribution is 2.29. The quantitative estimate of drug-likeness (QED) is 0.367. The van der Waals surface area contributed by atoms with E-state index in [1.165, 1.54) is 4.31 Å². The summed E-state index contributed by atoms with van der Waals surface area (Å²) in [7, 11) is -0.638. The van der Waals surface area contributed by atoms with Crippen molar-refractivity contribution in [3.8, 4) is 11.5 Å². The van der Waals surface area contributed by atoms with Gasteiger partial charge in [0.15, 0.2) is 0 Å². The Bertz CT molecular complexity index is 1120. The first-order valence-electron chi connectivity index (χ1n) is 11.4. The second kappa shape index (κ2) is 12.1. The summed E-state index contributed by atoms with van der Waals surface area (Å²) in [5.41, 5.74) is 2.93. The molecule has 1 heterocycles. The fourth-order valence-corrected chi connectivity index (χ4v) is 5.35. The highest BCUT2D eigenvalue weighted by atomic mass is 32.2. The standard InChI is InChI=1S/C26H33N3O5S/c1-6-34-26(25-16-27-19(2)15-28-25)20(3)35(30,31)29(17-21-7-11-23(32-4)12-8-21)18-22-9-13-24(33-5)14-10-22/h7-16,20,26H,6,17-18H2,1-5H3/t20-,26+/m1/s1. The van der Waals surface area contributed by atoms with Gasteiger partial charge >= 0.3 is 0 Å². The number of methoxy groups -OCH3 is 2. The zero-order valence-corrected chi connectivity index (χ0v) is 21.7. The molecule has 1 aromatic heterocycles. The Balaban J connectivity index is 1.95. The number of sulfonamides is 1. The summed E-state index contributed by atoms with van der Waals surface area (Å²) in [6.07, 6.45) is 2.44. The molecule has 0 N–H and O–H groups in total. The Kier molecular flexibility index (Phi) is 9.20. The fraction of sp³-hybridized carbons (Fsp3) is 0.385. The molecule has 35 heavy (non-hydrogen) atoms. The minimum atomic E-state index is -3.83. The number of rotatable bonds is 12. The van der Waals surface area contributed by atoms with E-state index in [4.69, 9.17) is 14.2 Å². The van der Waals surface area contributed by atoms with Crippen LogP contribution in [0.25, 0.3) is 0 Å². The third-order valence-electron chi connectivity index (χ3n) is 5.73. The first-order chi connectivity index (χ1) is 16.8. The van der Waals surface area contributed by atoms with Crippen molar-refractivity contribution in [2.24, 2.45) is 0 Å². The Labute approximate surface area is 207 Å². The maximum Gasteiger partial charge on any atom is 0.220 e. The van der Waals surface area contributed by atoms with Crippen LogP contribution in [0.3, 0.4) is 0 Å². The van der Waals surface area contributed by atoms with Crippen molar-refractivity contribution >= 4 is 10.0 Å². The number of aromatic nitrogens is 2. The van der Waals surface area contributed by atoms with Gasteiger partial charge in [-0.3, -0.25) is 9.97 Å². The van der Waals surface area contributed by atoms with Crippen LogP contribution in [0.15, 0.2) is 60.9 Å². The molecule has 3 aromatic rings. The van der Waals surface area contributed by atoms with Gasteiger partial charge in [-0.2, -0.15) is 4.31 Å². The highest BCUT2D eigenvalue weighted by molar-refractivity contribution is 7.89. The lowest BCUT2D eigenvalue weighted by molar-refractivity contribution is 0.0573. The molecule has 3 rings (SSSR count). The maximum atomic E-state index is 14.0. The lowest BCUT2D eigenvalue weighted by atomic mass is 10.2. The van der Waals surface area contributed by atoms with Crippen molar-refractivity contribution in [1.29, 1.82) is 0 Å². The van der Waals surface area contributed by atoms with E-state index in [1.54, 1.807) is 33.5 Å². The molecule has 0 amide bonds. The third kappa shape index (κ3) is 6.78. The molecule has 188 valence electrons. The van der Waals surface area contributed by atoms with Crippen molar-refractivity contribution < 1.29 is 22.6 Å². The van der Waals surface area contributed by atoms with Gasteiger partial charge in [0.2, 0.25) is 10.0 Å². The van der Waals surface area contributed by atoms with Crippen molar-refractivity contribution in [3.05, 3.63) is 83.4 Å². The molecule has 0 aliphatic rings. The molecule has 9 heteroatoms. The summed E-state index contributed by atoms with van der Waals surface area (Å²) in [6, 6.07) is 14.8. The average molecular weight is 500 g/mol. The van der Waals surface area contributed by atoms with Gasteiger partial charge < -0.3 is 14.2 Å². The second-order valence-electron chi connectivity index (χ2n) is 8.17. The van der Waals surface area contributed by atoms with E-state index in [0.29, 0.717) is 23.8 Å². The molecule has 0 unspecified atom stereocenters. The summed E-state index contributed by atoms with van der Waals surface area (Å²) in [5.74, 6) is 1.42. The largest absolute Gasteiger partial charge is 0.497 e. The minimum absolute atomic E-state index is 0.196. The zero-order chi connectivity index (χ0) is 25.4. The molecule has 0 radical (unpaired) electrons. The molecule has 2 aromatic carbocycles. The number of ether oxygens (including phenoxy) is 3. The molecular weight excluding hydrogens is 466 g/mol. The Morgan fingerprint density at radius 1 is 0.857 bits per heavy atom. The molecule has 0 saturated carbocycles. The Morgan fingerprint density at radius 2 is 1.37 bits per heavy atom. The van der Waals surface area contributed by atoms with Crippen LogP contribution < -0.4 is 9.47 Å². The highest BCUT2D eigenvalue weighted by Gasteiger charge is 2.37. The van der Waals surface area contributed by atoms with E-state index in [0.717, 1.165) is 16.8 Å². The van der Waals surface area contributed by atoms with Gasteiger partial charge in [0.1, 0.15) is 22.9 Å². The van der Waals surface area contributed by atoms with Crippen LogP contribution >= 0.6 is 0 Å². The number of aryl methyl sites for hydroxylation is 1. The molecule has 0 bridgehead atoms. The zero-order valence-electron chi connectivity index (χ0n) is 20.8. The van der Waals surface area contributed by atoms with Crippen molar-refractivity contribution in [3.63, 3.8) is 0 Å². The molecule has 0 saturated heterocycles. The monoisotopic (exact) mass is 499 g/mol. The third-order valence-corrected chi connectivity index (χ3v) is 7.90. The van der Waals surface area contributed by atoms with Crippen LogP contribution in [-0.2, 0) is 27.8 Å². The van der Waals surface area contributed by atoms with E-state index in [-0.39, 0.29) is 13.1 Å². The molecular formula is C26H33N3O5S. The predicted molar refractivity (Wildman–Crippen MR) is 135 cm³/mol. The van der Waals surface area contributed by atoms with Crippen LogP contribution in [0.5, 0.6) is 11.5 Å². The number of hydrogen-bond acceptors (Lipinski definition) is 7. The van der Waals surface area contributed by atoms with Crippen molar-refractivity contribution in [1.82, 2.24) is 14.3 Å². The van der Waals surface area contributed by atoms with Gasteiger partial charge in [-0.1, -0.05) is 24.3 Å². The predicted octanol–water partition coefficient (Wildman–Crippen LogP) is 4.30. The fourth-order valence-electron chi connectivity index (χ4n) is 3.69. The number of hydrogen-bond donors (Lipinski definition) is 0. The van der Waals surface area contributed by atoms with E-state index in [2.05, 4.69) is 9.97 Å². The van der Waals surface area contributed by atoms with E-state index in [9.17, 15) is 8.42 Å². The second-order valence-corrected chi connectivity index (χ2v) is 10.5. The summed E-state index contributed by atoms with van der Waals surface area (Å²) >= 11 is 0. The summed E-state index contributed by atoms with van der Waals surface area (Å²) < 4.78 is 45.8. The maximum absolute atomic E-state index is 14.0. The lowest BCUT2D eigenvalue weighted by Crippen LogP contribution is -2.40. The molecule has 0 spiro atoms. The molecule has 0 aliphatic carbocycles. The summed E-state index contributed by atoms with van der Waals surface area (Å²) in [5, 5.41) is -0.893. The number of nitrogens with zero attached hydrogens (tertiary/aromatic N) is 3. The van der Waals surface area contributed by atoms with Gasteiger partial charge in [-0.05, 0) is 56.2 Å². The topological polar surface area (TPSA) is 90.9 Å². The first-order valence-corrected chi connectivity index (χ1v) is 12.9. The van der Waals surface area contributed by atoms with Crippen molar-refractivity contribution in [2.75, 3.05) is 20.8 Å². The average Bonchev–Trinajstić information content (AvgIpc) is 2.88. The van der Waals surface area contributed by atoms with Crippen LogP contribution in [0.2, 0.25) is 0 Å². The normalized spacial score (nSPS) is 13.4. The van der Waals surface area contributed by atoms with Crippen LogP contribution in [0, 0.1) is 6.92 Å². The van der Waals surface area contributed by atoms with Gasteiger partial charge in [-0.25, -0.2) is 8.42 Å². The number of benzene rings is 2. The Hall–Kier alpha value is -3.01. The van der Waals surface area contributed by atoms with Crippen LogP contribution in [-0.4, -0.2) is 48.8 Å². The van der Waals surface area contributed by atoms with E-state index < -0.39 is 21.4 Å². The summed E-state index contributed by atoms with van der Waals surface area (Å²) in [6.45, 7) is 6.06. The van der Waals surface area contributed by atoms with Crippen LogP contribution in [0.4, 0.5) is 0 Å². The van der Waals surface area contributed by atoms with E-state index >= 15 is 0 Å². The Morgan fingerprint density at radius 3 is 1.77 bits per heavy atom. The molecule has 0 aliphatic heterocycles. The minimum Gasteiger partial charge on any atom is -0.497 e. The summed E-state index contributed by atoms with van der Waals surface area (Å²) in [4.78, 5) is 8.68. The first kappa shape index (κ1) is 26.6. The van der Waals surface area contributed by atoms with Crippen LogP contribution in [0.1, 0.15) is 42.5 Å².